The van der Waals surface area contributed by atoms with Crippen molar-refractivity contribution in [2.75, 3.05) is 5.75 Å². The molecular weight excluding hydrogens is 418 g/mol. The minimum Gasteiger partial charge on any atom is -0.467 e. The van der Waals surface area contributed by atoms with E-state index in [1.807, 2.05) is 42.5 Å². The summed E-state index contributed by atoms with van der Waals surface area (Å²) < 4.78 is 6.89. The van der Waals surface area contributed by atoms with Crippen molar-refractivity contribution in [1.29, 1.82) is 0 Å². The van der Waals surface area contributed by atoms with Crippen LogP contribution in [-0.2, 0) is 24.3 Å². The van der Waals surface area contributed by atoms with E-state index in [0.29, 0.717) is 29.4 Å². The molecule has 0 aliphatic carbocycles. The number of nitrogens with one attached hydrogen (secondary N) is 1. The zero-order chi connectivity index (χ0) is 20.9. The van der Waals surface area contributed by atoms with Crippen LogP contribution in [0.1, 0.15) is 23.1 Å². The van der Waals surface area contributed by atoms with E-state index in [4.69, 9.17) is 9.40 Å². The average Bonchev–Trinajstić information content (AvgIpc) is 3.43. The summed E-state index contributed by atoms with van der Waals surface area (Å²) in [4.78, 5) is 32.1. The molecule has 4 rings (SSSR count). The van der Waals surface area contributed by atoms with Crippen molar-refractivity contribution in [3.05, 3.63) is 81.3 Å². The summed E-state index contributed by atoms with van der Waals surface area (Å²) in [6.07, 6.45) is 2.43. The summed E-state index contributed by atoms with van der Waals surface area (Å²) >= 11 is 2.81. The lowest BCUT2D eigenvalue weighted by atomic mass is 10.2. The number of benzene rings is 1. The highest BCUT2D eigenvalue weighted by Gasteiger charge is 2.16. The Morgan fingerprint density at radius 1 is 1.23 bits per heavy atom. The van der Waals surface area contributed by atoms with Crippen molar-refractivity contribution in [2.45, 2.75) is 31.6 Å². The molecule has 1 N–H and O–H groups in total. The molecule has 4 aromatic rings. The van der Waals surface area contributed by atoms with Crippen LogP contribution in [0.3, 0.4) is 0 Å². The van der Waals surface area contributed by atoms with Gasteiger partial charge in [-0.15, -0.1) is 11.3 Å². The second-order valence-corrected chi connectivity index (χ2v) is 8.76. The van der Waals surface area contributed by atoms with Crippen LogP contribution in [0.4, 0.5) is 0 Å². The second-order valence-electron chi connectivity index (χ2n) is 6.70. The Hall–Kier alpha value is -2.84. The summed E-state index contributed by atoms with van der Waals surface area (Å²) in [5.41, 5.74) is 0.939. The highest BCUT2D eigenvalue weighted by atomic mass is 32.2. The molecule has 0 saturated carbocycles. The van der Waals surface area contributed by atoms with Gasteiger partial charge in [-0.2, -0.15) is 0 Å². The van der Waals surface area contributed by atoms with Gasteiger partial charge in [0.05, 0.1) is 30.5 Å². The van der Waals surface area contributed by atoms with E-state index < -0.39 is 0 Å². The first-order valence-electron chi connectivity index (χ1n) is 9.63. The minimum atomic E-state index is -0.141. The van der Waals surface area contributed by atoms with Gasteiger partial charge in [-0.05, 0) is 30.2 Å². The minimum absolute atomic E-state index is 0.0710. The zero-order valence-corrected chi connectivity index (χ0v) is 18.1. The number of aromatic nitrogens is 2. The lowest BCUT2D eigenvalue weighted by Crippen LogP contribution is -2.26. The molecule has 0 atom stereocenters. The molecule has 3 heterocycles. The first-order valence-corrected chi connectivity index (χ1v) is 11.4. The number of carbonyl (C=O) groups excluding carboxylic acids is 1. The van der Waals surface area contributed by atoms with Crippen LogP contribution in [0.15, 0.2) is 69.2 Å². The fourth-order valence-electron chi connectivity index (χ4n) is 3.02. The summed E-state index contributed by atoms with van der Waals surface area (Å²) in [7, 11) is 0. The van der Waals surface area contributed by atoms with Gasteiger partial charge >= 0.3 is 0 Å². The van der Waals surface area contributed by atoms with E-state index in [-0.39, 0.29) is 17.2 Å². The Kier molecular flexibility index (Phi) is 6.35. The SMILES string of the molecule is CCc1cc2c(=O)n(Cc3ccccc3)c(SCC(=O)NCc3ccco3)nc2s1. The van der Waals surface area contributed by atoms with E-state index in [1.54, 1.807) is 16.9 Å². The molecular formula is C22H21N3O3S2. The summed E-state index contributed by atoms with van der Waals surface area (Å²) in [6, 6.07) is 15.3. The fraction of sp³-hybridized carbons (Fsp3) is 0.227. The van der Waals surface area contributed by atoms with Gasteiger partial charge in [0, 0.05) is 4.88 Å². The summed E-state index contributed by atoms with van der Waals surface area (Å²) in [6.45, 7) is 2.81. The van der Waals surface area contributed by atoms with Crippen molar-refractivity contribution in [1.82, 2.24) is 14.9 Å². The summed E-state index contributed by atoms with van der Waals surface area (Å²) in [5, 5.41) is 4.01. The van der Waals surface area contributed by atoms with E-state index in [2.05, 4.69) is 12.2 Å². The third-order valence-corrected chi connectivity index (χ3v) is 6.72. The maximum Gasteiger partial charge on any atom is 0.263 e. The van der Waals surface area contributed by atoms with Gasteiger partial charge in [0.15, 0.2) is 5.16 Å². The van der Waals surface area contributed by atoms with Crippen LogP contribution >= 0.6 is 23.1 Å². The van der Waals surface area contributed by atoms with Gasteiger partial charge in [-0.3, -0.25) is 14.2 Å². The predicted molar refractivity (Wildman–Crippen MR) is 120 cm³/mol. The maximum absolute atomic E-state index is 13.2. The fourth-order valence-corrected chi connectivity index (χ4v) is 4.85. The number of thioether (sulfide) groups is 1. The molecule has 1 amide bonds. The Morgan fingerprint density at radius 3 is 2.80 bits per heavy atom. The van der Waals surface area contributed by atoms with Crippen LogP contribution in [0, 0.1) is 0 Å². The number of carbonyl (C=O) groups is 1. The standard InChI is InChI=1S/C22H21N3O3S2/c1-2-17-11-18-20(30-17)24-22(25(21(18)27)13-15-7-4-3-5-8-15)29-14-19(26)23-12-16-9-6-10-28-16/h3-11H,2,12-14H2,1H3,(H,23,26). The Morgan fingerprint density at radius 2 is 2.07 bits per heavy atom. The van der Waals surface area contributed by atoms with Crippen LogP contribution < -0.4 is 10.9 Å². The molecule has 0 aliphatic heterocycles. The normalized spacial score (nSPS) is 11.1. The van der Waals surface area contributed by atoms with Crippen LogP contribution in [0.5, 0.6) is 0 Å². The van der Waals surface area contributed by atoms with E-state index in [9.17, 15) is 9.59 Å². The lowest BCUT2D eigenvalue weighted by molar-refractivity contribution is -0.118. The first kappa shape index (κ1) is 20.4. The lowest BCUT2D eigenvalue weighted by Gasteiger charge is -2.12. The number of rotatable bonds is 8. The molecule has 0 bridgehead atoms. The summed E-state index contributed by atoms with van der Waals surface area (Å²) in [5.74, 6) is 0.719. The van der Waals surface area contributed by atoms with E-state index in [1.165, 1.54) is 23.1 Å². The Bertz CT molecular complexity index is 1200. The molecule has 30 heavy (non-hydrogen) atoms. The zero-order valence-electron chi connectivity index (χ0n) is 16.5. The number of hydrogen-bond acceptors (Lipinski definition) is 6. The highest BCUT2D eigenvalue weighted by Crippen LogP contribution is 2.25. The van der Waals surface area contributed by atoms with Gasteiger partial charge in [-0.1, -0.05) is 49.0 Å². The average molecular weight is 440 g/mol. The molecule has 1 aromatic carbocycles. The van der Waals surface area contributed by atoms with Gasteiger partial charge < -0.3 is 9.73 Å². The molecule has 0 spiro atoms. The molecule has 3 aromatic heterocycles. The van der Waals surface area contributed by atoms with Gasteiger partial charge in [0.25, 0.3) is 5.56 Å². The van der Waals surface area contributed by atoms with Gasteiger partial charge in [-0.25, -0.2) is 4.98 Å². The van der Waals surface area contributed by atoms with Crippen molar-refractivity contribution in [3.63, 3.8) is 0 Å². The van der Waals surface area contributed by atoms with Gasteiger partial charge in [0.2, 0.25) is 5.91 Å². The molecule has 6 nitrogen and oxygen atoms in total. The number of aryl methyl sites for hydroxylation is 1. The maximum atomic E-state index is 13.2. The first-order chi connectivity index (χ1) is 14.6. The number of hydrogen-bond donors (Lipinski definition) is 1. The smallest absolute Gasteiger partial charge is 0.263 e. The number of furan rings is 1. The monoisotopic (exact) mass is 439 g/mol. The van der Waals surface area contributed by atoms with Crippen molar-refractivity contribution in [2.24, 2.45) is 0 Å². The second kappa shape index (κ2) is 9.32. The predicted octanol–water partition coefficient (Wildman–Crippen LogP) is 4.07. The van der Waals surface area contributed by atoms with Crippen molar-refractivity contribution < 1.29 is 9.21 Å². The van der Waals surface area contributed by atoms with Gasteiger partial charge in [0.1, 0.15) is 10.6 Å². The largest absolute Gasteiger partial charge is 0.467 e. The third kappa shape index (κ3) is 4.66. The quantitative estimate of drug-likeness (QED) is 0.331. The van der Waals surface area contributed by atoms with E-state index in [0.717, 1.165) is 21.7 Å². The number of thiophene rings is 1. The molecule has 0 radical (unpaired) electrons. The van der Waals surface area contributed by atoms with E-state index >= 15 is 0 Å². The van der Waals surface area contributed by atoms with Crippen LogP contribution in [-0.4, -0.2) is 21.2 Å². The van der Waals surface area contributed by atoms with Crippen LogP contribution in [0.25, 0.3) is 10.2 Å². The molecule has 0 unspecified atom stereocenters. The topological polar surface area (TPSA) is 77.1 Å². The molecule has 0 saturated heterocycles. The number of amides is 1. The number of nitrogens with zero attached hydrogens (tertiary/aromatic N) is 2. The van der Waals surface area contributed by atoms with Crippen LogP contribution in [0.2, 0.25) is 0 Å². The number of fused-ring (bicyclic) bond motifs is 1. The third-order valence-electron chi connectivity index (χ3n) is 4.57. The van der Waals surface area contributed by atoms with Crippen molar-refractivity contribution >= 4 is 39.2 Å². The highest BCUT2D eigenvalue weighted by molar-refractivity contribution is 7.99. The Labute approximate surface area is 181 Å². The molecule has 0 aliphatic rings. The Balaban J connectivity index is 1.58. The molecule has 0 fully saturated rings. The molecule has 8 heteroatoms. The molecule has 154 valence electrons. The van der Waals surface area contributed by atoms with Crippen molar-refractivity contribution in [3.8, 4) is 0 Å².